The number of carbonyl (C=O) groups excluding carboxylic acids is 1. The highest BCUT2D eigenvalue weighted by molar-refractivity contribution is 7.09. The average Bonchev–Trinajstić information content (AvgIpc) is 3.28. The van der Waals surface area contributed by atoms with Crippen molar-refractivity contribution in [3.63, 3.8) is 0 Å². The monoisotopic (exact) mass is 358 g/mol. The van der Waals surface area contributed by atoms with E-state index < -0.39 is 0 Å². The van der Waals surface area contributed by atoms with Crippen molar-refractivity contribution in [3.8, 4) is 0 Å². The van der Waals surface area contributed by atoms with Crippen LogP contribution in [0.3, 0.4) is 0 Å². The SMILES string of the molecule is CCCCC(=O)NCCn1ncc2c(NCc3cccs3)ncnc21. The molecule has 0 bridgehead atoms. The molecule has 0 radical (unpaired) electrons. The van der Waals surface area contributed by atoms with Gasteiger partial charge in [0.1, 0.15) is 12.1 Å². The first-order chi connectivity index (χ1) is 12.3. The minimum Gasteiger partial charge on any atom is -0.364 e. The van der Waals surface area contributed by atoms with Gasteiger partial charge in [-0.25, -0.2) is 14.6 Å². The fourth-order valence-corrected chi connectivity index (χ4v) is 3.15. The highest BCUT2D eigenvalue weighted by Gasteiger charge is 2.10. The number of nitrogens with one attached hydrogen (secondary N) is 2. The molecule has 2 N–H and O–H groups in total. The summed E-state index contributed by atoms with van der Waals surface area (Å²) in [6, 6.07) is 4.12. The number of carbonyl (C=O) groups is 1. The van der Waals surface area contributed by atoms with Gasteiger partial charge in [0.15, 0.2) is 5.65 Å². The standard InChI is InChI=1S/C17H22N6OS/c1-2-3-6-15(24)18-7-8-23-17-14(11-22-23)16(20-12-21-17)19-10-13-5-4-9-25-13/h4-5,9,11-12H,2-3,6-8,10H2,1H3,(H,18,24)(H,19,20,21). The van der Waals surface area contributed by atoms with Crippen molar-refractivity contribution in [1.82, 2.24) is 25.1 Å². The van der Waals surface area contributed by atoms with Crippen LogP contribution in [0.4, 0.5) is 5.82 Å². The molecule has 0 fully saturated rings. The summed E-state index contributed by atoms with van der Waals surface area (Å²) in [4.78, 5) is 21.6. The summed E-state index contributed by atoms with van der Waals surface area (Å²) in [6.45, 7) is 3.93. The first kappa shape index (κ1) is 17.3. The molecular weight excluding hydrogens is 336 g/mol. The molecular formula is C17H22N6OS. The van der Waals surface area contributed by atoms with Gasteiger partial charge in [-0.05, 0) is 17.9 Å². The molecule has 3 aromatic heterocycles. The summed E-state index contributed by atoms with van der Waals surface area (Å²) < 4.78 is 1.80. The molecule has 25 heavy (non-hydrogen) atoms. The van der Waals surface area contributed by atoms with Crippen molar-refractivity contribution >= 4 is 34.1 Å². The highest BCUT2D eigenvalue weighted by atomic mass is 32.1. The molecule has 3 aromatic rings. The lowest BCUT2D eigenvalue weighted by molar-refractivity contribution is -0.121. The summed E-state index contributed by atoms with van der Waals surface area (Å²) in [5.41, 5.74) is 0.770. The molecule has 3 rings (SSSR count). The summed E-state index contributed by atoms with van der Waals surface area (Å²) in [5, 5.41) is 13.6. The number of rotatable bonds is 9. The topological polar surface area (TPSA) is 84.7 Å². The first-order valence-corrected chi connectivity index (χ1v) is 9.35. The third kappa shape index (κ3) is 4.54. The van der Waals surface area contributed by atoms with Gasteiger partial charge < -0.3 is 10.6 Å². The normalized spacial score (nSPS) is 10.9. The van der Waals surface area contributed by atoms with Crippen LogP contribution in [0.5, 0.6) is 0 Å². The first-order valence-electron chi connectivity index (χ1n) is 8.47. The summed E-state index contributed by atoms with van der Waals surface area (Å²) in [7, 11) is 0. The number of thiophene rings is 1. The van der Waals surface area contributed by atoms with Crippen molar-refractivity contribution in [2.24, 2.45) is 0 Å². The van der Waals surface area contributed by atoms with Gasteiger partial charge in [0.2, 0.25) is 5.91 Å². The van der Waals surface area contributed by atoms with E-state index in [-0.39, 0.29) is 5.91 Å². The number of hydrogen-bond acceptors (Lipinski definition) is 6. The Morgan fingerprint density at radius 1 is 1.36 bits per heavy atom. The zero-order valence-electron chi connectivity index (χ0n) is 14.2. The molecule has 0 saturated heterocycles. The third-order valence-electron chi connectivity index (χ3n) is 3.85. The Morgan fingerprint density at radius 2 is 2.28 bits per heavy atom. The lowest BCUT2D eigenvalue weighted by Gasteiger charge is -2.07. The molecule has 0 aliphatic heterocycles. The molecule has 0 aliphatic carbocycles. The van der Waals surface area contributed by atoms with E-state index in [9.17, 15) is 4.79 Å². The highest BCUT2D eigenvalue weighted by Crippen LogP contribution is 2.20. The van der Waals surface area contributed by atoms with Gasteiger partial charge >= 0.3 is 0 Å². The number of hydrogen-bond donors (Lipinski definition) is 2. The third-order valence-corrected chi connectivity index (χ3v) is 4.72. The molecule has 0 aliphatic rings. The average molecular weight is 358 g/mol. The lowest BCUT2D eigenvalue weighted by Crippen LogP contribution is -2.27. The fraction of sp³-hybridized carbons (Fsp3) is 0.412. The van der Waals surface area contributed by atoms with E-state index in [4.69, 9.17) is 0 Å². The van der Waals surface area contributed by atoms with Crippen LogP contribution in [0.15, 0.2) is 30.0 Å². The maximum atomic E-state index is 11.7. The van der Waals surface area contributed by atoms with Crippen molar-refractivity contribution in [1.29, 1.82) is 0 Å². The van der Waals surface area contributed by atoms with E-state index in [0.717, 1.165) is 36.2 Å². The van der Waals surface area contributed by atoms with Crippen LogP contribution in [0, 0.1) is 0 Å². The van der Waals surface area contributed by atoms with Crippen LogP contribution in [-0.2, 0) is 17.9 Å². The number of fused-ring (bicyclic) bond motifs is 1. The fourth-order valence-electron chi connectivity index (χ4n) is 2.51. The summed E-state index contributed by atoms with van der Waals surface area (Å²) >= 11 is 1.71. The van der Waals surface area contributed by atoms with Crippen LogP contribution >= 0.6 is 11.3 Å². The van der Waals surface area contributed by atoms with Crippen molar-refractivity contribution in [2.45, 2.75) is 39.3 Å². The van der Waals surface area contributed by atoms with Gasteiger partial charge in [-0.1, -0.05) is 19.4 Å². The maximum absolute atomic E-state index is 11.7. The molecule has 0 atom stereocenters. The number of anilines is 1. The van der Waals surface area contributed by atoms with Gasteiger partial charge in [0.25, 0.3) is 0 Å². The molecule has 0 aromatic carbocycles. The minimum atomic E-state index is 0.0891. The van der Waals surface area contributed by atoms with Crippen LogP contribution in [0.1, 0.15) is 31.1 Å². The molecule has 0 unspecified atom stereocenters. The van der Waals surface area contributed by atoms with Crippen LogP contribution < -0.4 is 10.6 Å². The molecule has 0 spiro atoms. The number of unbranched alkanes of at least 4 members (excludes halogenated alkanes) is 1. The van der Waals surface area contributed by atoms with Crippen molar-refractivity contribution in [2.75, 3.05) is 11.9 Å². The smallest absolute Gasteiger partial charge is 0.220 e. The Kier molecular flexibility index (Phi) is 5.95. The van der Waals surface area contributed by atoms with Gasteiger partial charge in [-0.3, -0.25) is 4.79 Å². The zero-order valence-corrected chi connectivity index (χ0v) is 15.1. The van der Waals surface area contributed by atoms with E-state index in [0.29, 0.717) is 19.5 Å². The van der Waals surface area contributed by atoms with Crippen molar-refractivity contribution < 1.29 is 4.79 Å². The second-order valence-corrected chi connectivity index (χ2v) is 6.75. The molecule has 1 amide bonds. The summed E-state index contributed by atoms with van der Waals surface area (Å²) in [6.07, 6.45) is 5.83. The Bertz CT molecular complexity index is 814. The van der Waals surface area contributed by atoms with Gasteiger partial charge in [0.05, 0.1) is 24.7 Å². The molecule has 0 saturated carbocycles. The van der Waals surface area contributed by atoms with Crippen LogP contribution in [0.2, 0.25) is 0 Å². The molecule has 132 valence electrons. The van der Waals surface area contributed by atoms with E-state index in [1.165, 1.54) is 11.2 Å². The second kappa shape index (κ2) is 8.57. The Morgan fingerprint density at radius 3 is 3.08 bits per heavy atom. The van der Waals surface area contributed by atoms with Gasteiger partial charge in [-0.2, -0.15) is 5.10 Å². The van der Waals surface area contributed by atoms with E-state index in [1.54, 1.807) is 22.2 Å². The number of nitrogens with zero attached hydrogens (tertiary/aromatic N) is 4. The van der Waals surface area contributed by atoms with Crippen LogP contribution in [0.25, 0.3) is 11.0 Å². The van der Waals surface area contributed by atoms with Gasteiger partial charge in [-0.15, -0.1) is 11.3 Å². The van der Waals surface area contributed by atoms with E-state index in [2.05, 4.69) is 44.1 Å². The van der Waals surface area contributed by atoms with Gasteiger partial charge in [0, 0.05) is 17.8 Å². The number of aromatic nitrogens is 4. The molecule has 8 heteroatoms. The zero-order chi connectivity index (χ0) is 17.5. The quantitative estimate of drug-likeness (QED) is 0.614. The Labute approximate surface area is 150 Å². The van der Waals surface area contributed by atoms with Crippen molar-refractivity contribution in [3.05, 3.63) is 34.9 Å². The Hall–Kier alpha value is -2.48. The second-order valence-electron chi connectivity index (χ2n) is 5.71. The predicted octanol–water partition coefficient (Wildman–Crippen LogP) is 2.81. The maximum Gasteiger partial charge on any atom is 0.220 e. The largest absolute Gasteiger partial charge is 0.364 e. The van der Waals surface area contributed by atoms with E-state index in [1.807, 2.05) is 6.07 Å². The molecule has 3 heterocycles. The molecule has 7 nitrogen and oxygen atoms in total. The predicted molar refractivity (Wildman–Crippen MR) is 99.5 cm³/mol. The Balaban J connectivity index is 1.61. The summed E-state index contributed by atoms with van der Waals surface area (Å²) in [5.74, 6) is 0.864. The lowest BCUT2D eigenvalue weighted by atomic mass is 10.2. The van der Waals surface area contributed by atoms with Crippen LogP contribution in [-0.4, -0.2) is 32.2 Å². The minimum absolute atomic E-state index is 0.0891. The number of amides is 1. The van der Waals surface area contributed by atoms with E-state index >= 15 is 0 Å².